The van der Waals surface area contributed by atoms with Crippen LogP contribution in [-0.4, -0.2) is 19.7 Å². The number of aryl methyl sites for hydroxylation is 2. The minimum Gasteiger partial charge on any atom is -0.494 e. The fourth-order valence-corrected chi connectivity index (χ4v) is 3.15. The van der Waals surface area contributed by atoms with Gasteiger partial charge in [0, 0.05) is 0 Å². The molecular weight excluding hydrogens is 222 g/mol. The maximum absolute atomic E-state index is 5.91. The molecular formula is C16H23NO. The van der Waals surface area contributed by atoms with Gasteiger partial charge in [-0.25, -0.2) is 0 Å². The Bertz CT molecular complexity index is 396. The Kier molecular flexibility index (Phi) is 3.84. The van der Waals surface area contributed by atoms with E-state index in [0.717, 1.165) is 18.3 Å². The van der Waals surface area contributed by atoms with Crippen molar-refractivity contribution in [1.82, 2.24) is 5.32 Å². The van der Waals surface area contributed by atoms with Crippen molar-refractivity contribution in [2.75, 3.05) is 19.7 Å². The molecule has 1 aromatic rings. The zero-order chi connectivity index (χ0) is 12.2. The van der Waals surface area contributed by atoms with E-state index < -0.39 is 0 Å². The van der Waals surface area contributed by atoms with Crippen LogP contribution < -0.4 is 10.1 Å². The number of rotatable bonds is 4. The number of fused-ring (bicyclic) bond motifs is 1. The van der Waals surface area contributed by atoms with Crippen molar-refractivity contribution in [3.05, 3.63) is 29.3 Å². The fourth-order valence-electron chi connectivity index (χ4n) is 3.15. The Labute approximate surface area is 110 Å². The molecule has 1 heterocycles. The van der Waals surface area contributed by atoms with Gasteiger partial charge in [0.05, 0.1) is 6.61 Å². The Morgan fingerprint density at radius 1 is 1.11 bits per heavy atom. The third-order valence-corrected chi connectivity index (χ3v) is 4.32. The summed E-state index contributed by atoms with van der Waals surface area (Å²) in [6.45, 7) is 3.25. The highest BCUT2D eigenvalue weighted by Gasteiger charge is 2.14. The van der Waals surface area contributed by atoms with E-state index in [2.05, 4.69) is 23.5 Å². The zero-order valence-corrected chi connectivity index (χ0v) is 11.1. The molecule has 1 aromatic carbocycles. The molecule has 0 aromatic heterocycles. The second-order valence-corrected chi connectivity index (χ2v) is 5.61. The third-order valence-electron chi connectivity index (χ3n) is 4.32. The van der Waals surface area contributed by atoms with Crippen LogP contribution in [0.1, 0.15) is 36.8 Å². The molecule has 1 fully saturated rings. The predicted octanol–water partition coefficient (Wildman–Crippen LogP) is 2.94. The lowest BCUT2D eigenvalue weighted by molar-refractivity contribution is 0.251. The average Bonchev–Trinajstić information content (AvgIpc) is 2.87. The molecule has 2 aliphatic rings. The third kappa shape index (κ3) is 2.86. The van der Waals surface area contributed by atoms with Crippen LogP contribution in [0.2, 0.25) is 0 Å². The van der Waals surface area contributed by atoms with Crippen LogP contribution >= 0.6 is 0 Å². The molecule has 3 rings (SSSR count). The summed E-state index contributed by atoms with van der Waals surface area (Å²) in [5, 5.41) is 3.41. The molecule has 0 bridgehead atoms. The van der Waals surface area contributed by atoms with Crippen LogP contribution in [0.15, 0.2) is 18.2 Å². The lowest BCUT2D eigenvalue weighted by Crippen LogP contribution is -2.28. The molecule has 2 nitrogen and oxygen atoms in total. The van der Waals surface area contributed by atoms with Crippen LogP contribution in [0.4, 0.5) is 0 Å². The number of ether oxygens (including phenoxy) is 1. The first kappa shape index (κ1) is 12.0. The van der Waals surface area contributed by atoms with Gasteiger partial charge >= 0.3 is 0 Å². The van der Waals surface area contributed by atoms with Gasteiger partial charge in [0.15, 0.2) is 0 Å². The van der Waals surface area contributed by atoms with E-state index in [0.29, 0.717) is 0 Å². The lowest BCUT2D eigenvalue weighted by Gasteiger charge is -2.22. The summed E-state index contributed by atoms with van der Waals surface area (Å²) in [5.74, 6) is 1.94. The van der Waals surface area contributed by atoms with Crippen molar-refractivity contribution in [3.63, 3.8) is 0 Å². The van der Waals surface area contributed by atoms with E-state index >= 15 is 0 Å². The molecule has 0 amide bonds. The zero-order valence-electron chi connectivity index (χ0n) is 11.1. The van der Waals surface area contributed by atoms with Crippen molar-refractivity contribution in [1.29, 1.82) is 0 Å². The van der Waals surface area contributed by atoms with Crippen molar-refractivity contribution in [2.24, 2.45) is 5.92 Å². The molecule has 0 spiro atoms. The minimum absolute atomic E-state index is 0.862. The van der Waals surface area contributed by atoms with Gasteiger partial charge < -0.3 is 10.1 Å². The molecule has 18 heavy (non-hydrogen) atoms. The molecule has 0 saturated carbocycles. The van der Waals surface area contributed by atoms with Crippen molar-refractivity contribution < 1.29 is 4.74 Å². The van der Waals surface area contributed by atoms with Crippen LogP contribution in [0, 0.1) is 5.92 Å². The molecule has 2 heteroatoms. The van der Waals surface area contributed by atoms with E-state index in [1.54, 1.807) is 0 Å². The predicted molar refractivity (Wildman–Crippen MR) is 74.2 cm³/mol. The van der Waals surface area contributed by atoms with Crippen molar-refractivity contribution >= 4 is 0 Å². The topological polar surface area (TPSA) is 21.3 Å². The summed E-state index contributed by atoms with van der Waals surface area (Å²) >= 11 is 0. The Hall–Kier alpha value is -1.02. The molecule has 98 valence electrons. The molecule has 1 N–H and O–H groups in total. The second-order valence-electron chi connectivity index (χ2n) is 5.61. The molecule has 0 unspecified atom stereocenters. The number of piperidine rings is 1. The Morgan fingerprint density at radius 2 is 1.94 bits per heavy atom. The summed E-state index contributed by atoms with van der Waals surface area (Å²) in [6.07, 6.45) is 7.64. The van der Waals surface area contributed by atoms with Gasteiger partial charge in [0.25, 0.3) is 0 Å². The highest BCUT2D eigenvalue weighted by atomic mass is 16.5. The maximum atomic E-state index is 5.91. The maximum Gasteiger partial charge on any atom is 0.119 e. The van der Waals surface area contributed by atoms with Crippen molar-refractivity contribution in [3.8, 4) is 5.75 Å². The SMILES string of the molecule is c1cc2c(cc1OCCC1CCNCC1)CCC2. The normalized spacial score (nSPS) is 19.8. The van der Waals surface area contributed by atoms with E-state index in [1.807, 2.05) is 0 Å². The highest BCUT2D eigenvalue weighted by Crippen LogP contribution is 2.26. The van der Waals surface area contributed by atoms with Crippen molar-refractivity contribution in [2.45, 2.75) is 38.5 Å². The molecule has 1 aliphatic heterocycles. The van der Waals surface area contributed by atoms with Gasteiger partial charge in [0.1, 0.15) is 5.75 Å². The van der Waals surface area contributed by atoms with Crippen LogP contribution in [0.25, 0.3) is 0 Å². The largest absolute Gasteiger partial charge is 0.494 e. The lowest BCUT2D eigenvalue weighted by atomic mass is 9.95. The monoisotopic (exact) mass is 245 g/mol. The summed E-state index contributed by atoms with van der Waals surface area (Å²) < 4.78 is 5.91. The Balaban J connectivity index is 1.48. The van der Waals surface area contributed by atoms with E-state index in [1.165, 1.54) is 62.7 Å². The second kappa shape index (κ2) is 5.75. The summed E-state index contributed by atoms with van der Waals surface area (Å²) in [6, 6.07) is 6.65. The van der Waals surface area contributed by atoms with Gasteiger partial charge in [-0.2, -0.15) is 0 Å². The fraction of sp³-hybridized carbons (Fsp3) is 0.625. The van der Waals surface area contributed by atoms with E-state index in [4.69, 9.17) is 4.74 Å². The van der Waals surface area contributed by atoms with Gasteiger partial charge in [-0.15, -0.1) is 0 Å². The molecule has 0 radical (unpaired) electrons. The number of hydrogen-bond donors (Lipinski definition) is 1. The quantitative estimate of drug-likeness (QED) is 0.880. The van der Waals surface area contributed by atoms with Gasteiger partial charge in [-0.3, -0.25) is 0 Å². The average molecular weight is 245 g/mol. The summed E-state index contributed by atoms with van der Waals surface area (Å²) in [7, 11) is 0. The van der Waals surface area contributed by atoms with E-state index in [-0.39, 0.29) is 0 Å². The molecule has 1 aliphatic carbocycles. The van der Waals surface area contributed by atoms with Crippen LogP contribution in [-0.2, 0) is 12.8 Å². The number of benzene rings is 1. The van der Waals surface area contributed by atoms with Gasteiger partial charge in [-0.1, -0.05) is 6.07 Å². The standard InChI is InChI=1S/C16H23NO/c1-2-14-4-5-16(12-15(14)3-1)18-11-8-13-6-9-17-10-7-13/h4-5,12-13,17H,1-3,6-11H2. The highest BCUT2D eigenvalue weighted by molar-refractivity contribution is 5.38. The number of nitrogens with one attached hydrogen (secondary N) is 1. The van der Waals surface area contributed by atoms with Crippen LogP contribution in [0.3, 0.4) is 0 Å². The van der Waals surface area contributed by atoms with Crippen LogP contribution in [0.5, 0.6) is 5.75 Å². The first-order valence-electron chi connectivity index (χ1n) is 7.37. The molecule has 1 saturated heterocycles. The Morgan fingerprint density at radius 3 is 2.83 bits per heavy atom. The number of hydrogen-bond acceptors (Lipinski definition) is 2. The molecule has 0 atom stereocenters. The smallest absolute Gasteiger partial charge is 0.119 e. The summed E-state index contributed by atoms with van der Waals surface area (Å²) in [4.78, 5) is 0. The first-order chi connectivity index (χ1) is 8.92. The summed E-state index contributed by atoms with van der Waals surface area (Å²) in [5.41, 5.74) is 3.04. The van der Waals surface area contributed by atoms with E-state index in [9.17, 15) is 0 Å². The minimum atomic E-state index is 0.862. The van der Waals surface area contributed by atoms with Gasteiger partial charge in [0.2, 0.25) is 0 Å². The van der Waals surface area contributed by atoms with Gasteiger partial charge in [-0.05, 0) is 80.8 Å². The first-order valence-corrected chi connectivity index (χ1v) is 7.37.